The number of esters is 1. The van der Waals surface area contributed by atoms with Gasteiger partial charge in [-0.3, -0.25) is 9.59 Å². The number of hydrogen-bond donors (Lipinski definition) is 0. The van der Waals surface area contributed by atoms with Gasteiger partial charge in [0.05, 0.1) is 27.9 Å². The van der Waals surface area contributed by atoms with E-state index < -0.39 is 0 Å². The fourth-order valence-corrected chi connectivity index (χ4v) is 4.66. The van der Waals surface area contributed by atoms with Crippen molar-refractivity contribution in [1.29, 1.82) is 0 Å². The topological polar surface area (TPSA) is 78.4 Å². The highest BCUT2D eigenvalue weighted by Gasteiger charge is 2.18. The summed E-state index contributed by atoms with van der Waals surface area (Å²) in [5.74, 6) is 0.717. The Labute approximate surface area is 280 Å². The lowest BCUT2D eigenvalue weighted by Gasteiger charge is -2.20. The first-order valence-electron chi connectivity index (χ1n) is 15.0. The number of hydrogen-bond acceptors (Lipinski definition) is 7. The van der Waals surface area contributed by atoms with E-state index in [2.05, 4.69) is 11.1 Å². The summed E-state index contributed by atoms with van der Waals surface area (Å²) < 4.78 is 10.9. The van der Waals surface area contributed by atoms with Crippen LogP contribution in [0, 0.1) is 11.8 Å². The summed E-state index contributed by atoms with van der Waals surface area (Å²) in [5.41, 5.74) is 3.04. The van der Waals surface area contributed by atoms with Crippen LogP contribution in [0.2, 0.25) is 0 Å². The fraction of sp³-hybridized carbons (Fsp3) is 0.385. The van der Waals surface area contributed by atoms with Crippen molar-refractivity contribution in [1.82, 2.24) is 9.97 Å². The average molecular weight is 645 g/mol. The third kappa shape index (κ3) is 12.0. The molecule has 46 heavy (non-hydrogen) atoms. The molecule has 7 heteroatoms. The summed E-state index contributed by atoms with van der Waals surface area (Å²) in [7, 11) is 0. The van der Waals surface area contributed by atoms with E-state index in [1.807, 2.05) is 140 Å². The van der Waals surface area contributed by atoms with Crippen LogP contribution in [0.1, 0.15) is 87.5 Å². The van der Waals surface area contributed by atoms with Gasteiger partial charge in [0.2, 0.25) is 5.88 Å². The molecule has 6 nitrogen and oxygen atoms in total. The minimum atomic E-state index is -0.346. The van der Waals surface area contributed by atoms with Crippen LogP contribution < -0.4 is 4.74 Å². The van der Waals surface area contributed by atoms with Crippen molar-refractivity contribution in [2.75, 3.05) is 0 Å². The van der Waals surface area contributed by atoms with Crippen molar-refractivity contribution < 1.29 is 19.1 Å². The second kappa shape index (κ2) is 18.1. The van der Waals surface area contributed by atoms with E-state index in [0.29, 0.717) is 5.88 Å². The van der Waals surface area contributed by atoms with Crippen LogP contribution in [0.4, 0.5) is 0 Å². The summed E-state index contributed by atoms with van der Waals surface area (Å²) >= 11 is 1.64. The molecule has 0 radical (unpaired) electrons. The fourth-order valence-electron chi connectivity index (χ4n) is 3.96. The predicted octanol–water partition coefficient (Wildman–Crippen LogP) is 11.1. The molecule has 0 amide bonds. The van der Waals surface area contributed by atoms with E-state index in [1.54, 1.807) is 11.3 Å². The van der Waals surface area contributed by atoms with Crippen LogP contribution in [0.5, 0.6) is 5.88 Å². The van der Waals surface area contributed by atoms with Gasteiger partial charge < -0.3 is 9.47 Å². The summed E-state index contributed by atoms with van der Waals surface area (Å²) in [4.78, 5) is 33.1. The van der Waals surface area contributed by atoms with Crippen molar-refractivity contribution in [2.24, 2.45) is 11.8 Å². The number of aromatic nitrogens is 2. The van der Waals surface area contributed by atoms with Gasteiger partial charge in [-0.15, -0.1) is 11.3 Å². The lowest BCUT2D eigenvalue weighted by molar-refractivity contribution is -0.158. The van der Waals surface area contributed by atoms with Crippen LogP contribution in [0.15, 0.2) is 84.2 Å². The summed E-state index contributed by atoms with van der Waals surface area (Å²) in [6.07, 6.45) is 0.0779. The zero-order valence-electron chi connectivity index (χ0n) is 27.3. The van der Waals surface area contributed by atoms with Gasteiger partial charge in [0, 0.05) is 11.5 Å². The number of carbonyl (C=O) groups is 2. The van der Waals surface area contributed by atoms with E-state index in [4.69, 9.17) is 14.5 Å². The van der Waals surface area contributed by atoms with E-state index >= 15 is 0 Å². The number of rotatable bonds is 6. The summed E-state index contributed by atoms with van der Waals surface area (Å²) in [6.45, 7) is 17.1. The van der Waals surface area contributed by atoms with E-state index in [0.717, 1.165) is 32.6 Å². The molecule has 0 spiro atoms. The van der Waals surface area contributed by atoms with Crippen LogP contribution in [0.3, 0.4) is 0 Å². The van der Waals surface area contributed by atoms with E-state index in [9.17, 15) is 9.59 Å². The minimum Gasteiger partial charge on any atom is -0.473 e. The van der Waals surface area contributed by atoms with Gasteiger partial charge in [0.1, 0.15) is 11.3 Å². The molecule has 2 heterocycles. The van der Waals surface area contributed by atoms with Gasteiger partial charge >= 0.3 is 5.97 Å². The molecule has 3 aromatic carbocycles. The minimum absolute atomic E-state index is 0. The number of Topliss-reactive ketones (excluding diaryl/α,β-unsaturated/α-hetero) is 1. The van der Waals surface area contributed by atoms with Gasteiger partial charge in [-0.1, -0.05) is 97.1 Å². The monoisotopic (exact) mass is 644 g/mol. The van der Waals surface area contributed by atoms with Gasteiger partial charge in [-0.2, -0.15) is 0 Å². The Morgan fingerprint density at radius 3 is 1.80 bits per heavy atom. The van der Waals surface area contributed by atoms with E-state index in [-0.39, 0.29) is 50.1 Å². The molecule has 0 atom stereocenters. The lowest BCUT2D eigenvalue weighted by atomic mass is 9.98. The maximum atomic E-state index is 11.8. The highest BCUT2D eigenvalue weighted by Crippen LogP contribution is 2.32. The number of para-hydroxylation sites is 2. The lowest BCUT2D eigenvalue weighted by Crippen LogP contribution is -2.26. The number of ketones is 1. The molecule has 0 unspecified atom stereocenters. The van der Waals surface area contributed by atoms with Gasteiger partial charge in [-0.25, -0.2) is 9.97 Å². The number of fused-ring (bicyclic) bond motifs is 2. The molecule has 0 aliphatic rings. The van der Waals surface area contributed by atoms with Gasteiger partial charge in [0.25, 0.3) is 0 Å². The number of nitrogens with zero attached hydrogens (tertiary/aromatic N) is 2. The third-order valence-electron chi connectivity index (χ3n) is 6.08. The maximum Gasteiger partial charge on any atom is 0.308 e. The molecular formula is C39H52N2O4S. The Morgan fingerprint density at radius 2 is 1.30 bits per heavy atom. The molecule has 0 aliphatic heterocycles. The molecule has 248 valence electrons. The molecule has 5 aromatic rings. The second-order valence-corrected chi connectivity index (χ2v) is 13.2. The second-order valence-electron chi connectivity index (χ2n) is 12.3. The van der Waals surface area contributed by atoms with Crippen LogP contribution in [0.25, 0.3) is 32.4 Å². The SMILES string of the molecule is C.C.CC(C)C(=O)OC(C)(C)C.CC(C)C(=O)c1ccc2ccccc2c1.CC(C)Oc1nc2ccccc2nc1-c1cccs1. The van der Waals surface area contributed by atoms with Crippen LogP contribution >= 0.6 is 11.3 Å². The Hall–Kier alpha value is -4.10. The molecule has 0 N–H and O–H groups in total. The average Bonchev–Trinajstić information content (AvgIpc) is 3.50. The molecule has 5 rings (SSSR count). The van der Waals surface area contributed by atoms with E-state index in [1.165, 1.54) is 5.39 Å². The number of ether oxygens (including phenoxy) is 2. The van der Waals surface area contributed by atoms with Crippen molar-refractivity contribution >= 4 is 44.9 Å². The zero-order chi connectivity index (χ0) is 32.4. The maximum absolute atomic E-state index is 11.8. The third-order valence-corrected chi connectivity index (χ3v) is 6.95. The predicted molar refractivity (Wildman–Crippen MR) is 196 cm³/mol. The largest absolute Gasteiger partial charge is 0.473 e. The molecular weight excluding hydrogens is 593 g/mol. The Bertz CT molecular complexity index is 1670. The van der Waals surface area contributed by atoms with Gasteiger partial charge in [0.15, 0.2) is 5.78 Å². The first-order chi connectivity index (χ1) is 20.7. The molecule has 0 saturated heterocycles. The summed E-state index contributed by atoms with van der Waals surface area (Å²) in [6, 6.07) is 25.9. The highest BCUT2D eigenvalue weighted by molar-refractivity contribution is 7.13. The first kappa shape index (κ1) is 39.9. The van der Waals surface area contributed by atoms with Crippen LogP contribution in [-0.4, -0.2) is 33.4 Å². The standard InChI is InChI=1S/C15H14N2OS.C14H14O.C8H16O2.2CH4/c1-10(2)18-15-14(13-8-5-9-19-13)16-11-6-3-4-7-12(11)17-15;1-10(2)14(15)13-8-7-11-5-3-4-6-12(11)9-13;1-6(2)7(9)10-8(3,4)5;;/h3-10H,1-2H3;3-10H,1-2H3;6H,1-5H3;2*1H4. The normalized spacial score (nSPS) is 10.7. The van der Waals surface area contributed by atoms with Crippen molar-refractivity contribution in [3.63, 3.8) is 0 Å². The summed E-state index contributed by atoms with van der Waals surface area (Å²) in [5, 5.41) is 4.34. The Balaban J connectivity index is 0.000000355. The molecule has 2 aromatic heterocycles. The molecule has 0 aliphatic carbocycles. The first-order valence-corrected chi connectivity index (χ1v) is 15.9. The Kier molecular flexibility index (Phi) is 15.8. The molecule has 0 saturated carbocycles. The Morgan fingerprint density at radius 1 is 0.717 bits per heavy atom. The molecule has 0 fully saturated rings. The van der Waals surface area contributed by atoms with Crippen LogP contribution in [-0.2, 0) is 9.53 Å². The van der Waals surface area contributed by atoms with Gasteiger partial charge in [-0.05, 0) is 75.0 Å². The number of carbonyl (C=O) groups excluding carboxylic acids is 2. The zero-order valence-corrected chi connectivity index (χ0v) is 28.1. The van der Waals surface area contributed by atoms with Crippen molar-refractivity contribution in [2.45, 2.75) is 88.9 Å². The number of thiophene rings is 1. The highest BCUT2D eigenvalue weighted by atomic mass is 32.1. The molecule has 0 bridgehead atoms. The van der Waals surface area contributed by atoms with Crippen molar-refractivity contribution in [3.05, 3.63) is 89.8 Å². The van der Waals surface area contributed by atoms with Crippen molar-refractivity contribution in [3.8, 4) is 16.5 Å². The smallest absolute Gasteiger partial charge is 0.308 e. The number of benzene rings is 3. The quantitative estimate of drug-likeness (QED) is 0.135.